The van der Waals surface area contributed by atoms with Gasteiger partial charge in [-0.25, -0.2) is 0 Å². The van der Waals surface area contributed by atoms with Crippen molar-refractivity contribution in [1.82, 2.24) is 4.57 Å². The summed E-state index contributed by atoms with van der Waals surface area (Å²) in [6.07, 6.45) is 5.41. The van der Waals surface area contributed by atoms with Crippen LogP contribution in [0.2, 0.25) is 0 Å². The highest BCUT2D eigenvalue weighted by atomic mass is 16.3. The lowest BCUT2D eigenvalue weighted by Gasteiger charge is -2.27. The first kappa shape index (κ1) is 12.5. The van der Waals surface area contributed by atoms with E-state index in [0.717, 1.165) is 12.2 Å². The molecule has 1 aromatic heterocycles. The number of aliphatic hydroxyl groups is 1. The van der Waals surface area contributed by atoms with Gasteiger partial charge in [-0.05, 0) is 49.4 Å². The smallest absolute Gasteiger partial charge is 0.0911 e. The van der Waals surface area contributed by atoms with Crippen LogP contribution in [0.15, 0.2) is 42.6 Å². The molecule has 3 rings (SSSR count). The average molecular weight is 255 g/mol. The highest BCUT2D eigenvalue weighted by Gasteiger charge is 2.21. The van der Waals surface area contributed by atoms with Gasteiger partial charge in [0.05, 0.1) is 6.10 Å². The molecule has 1 N–H and O–H groups in total. The minimum Gasteiger partial charge on any atom is -0.387 e. The van der Waals surface area contributed by atoms with E-state index in [-0.39, 0.29) is 0 Å². The van der Waals surface area contributed by atoms with Crippen molar-refractivity contribution in [1.29, 1.82) is 0 Å². The number of hydrogen-bond acceptors (Lipinski definition) is 1. The highest BCUT2D eigenvalue weighted by Crippen LogP contribution is 2.33. The maximum absolute atomic E-state index is 9.80. The van der Waals surface area contributed by atoms with E-state index in [1.165, 1.54) is 30.4 Å². The van der Waals surface area contributed by atoms with Gasteiger partial charge in [0, 0.05) is 24.4 Å². The second-order valence-electron chi connectivity index (χ2n) is 5.55. The Labute approximate surface area is 114 Å². The van der Waals surface area contributed by atoms with E-state index in [4.69, 9.17) is 0 Å². The van der Waals surface area contributed by atoms with Crippen molar-refractivity contribution in [3.8, 4) is 0 Å². The fourth-order valence-electron chi connectivity index (χ4n) is 3.25. The zero-order chi connectivity index (χ0) is 13.2. The molecule has 100 valence electrons. The van der Waals surface area contributed by atoms with Crippen molar-refractivity contribution in [2.75, 3.05) is 0 Å². The van der Waals surface area contributed by atoms with Crippen molar-refractivity contribution in [3.05, 3.63) is 59.4 Å². The van der Waals surface area contributed by atoms with Gasteiger partial charge in [0.15, 0.2) is 0 Å². The van der Waals surface area contributed by atoms with E-state index >= 15 is 0 Å². The SMILES string of the molecule is CC(O)c1cccn1CC1CCCc2ccccc21. The molecule has 2 atom stereocenters. The normalized spacial score (nSPS) is 20.0. The molecular weight excluding hydrogens is 234 g/mol. The number of aromatic nitrogens is 1. The quantitative estimate of drug-likeness (QED) is 0.889. The van der Waals surface area contributed by atoms with Crippen LogP contribution in [0, 0.1) is 0 Å². The molecule has 1 aromatic carbocycles. The third-order valence-corrected chi connectivity index (χ3v) is 4.20. The zero-order valence-electron chi connectivity index (χ0n) is 11.4. The minimum absolute atomic E-state index is 0.395. The van der Waals surface area contributed by atoms with E-state index in [9.17, 15) is 5.11 Å². The largest absolute Gasteiger partial charge is 0.387 e. The zero-order valence-corrected chi connectivity index (χ0v) is 11.4. The second-order valence-corrected chi connectivity index (χ2v) is 5.55. The number of hydrogen-bond donors (Lipinski definition) is 1. The van der Waals surface area contributed by atoms with Crippen LogP contribution in [0.3, 0.4) is 0 Å². The van der Waals surface area contributed by atoms with E-state index < -0.39 is 6.10 Å². The Hall–Kier alpha value is -1.54. The summed E-state index contributed by atoms with van der Waals surface area (Å²) in [5, 5.41) is 9.80. The molecule has 1 aliphatic rings. The van der Waals surface area contributed by atoms with E-state index in [1.807, 2.05) is 19.1 Å². The molecule has 2 heteroatoms. The van der Waals surface area contributed by atoms with Crippen molar-refractivity contribution < 1.29 is 5.11 Å². The lowest BCUT2D eigenvalue weighted by molar-refractivity contribution is 0.188. The molecule has 0 aliphatic heterocycles. The molecule has 19 heavy (non-hydrogen) atoms. The topological polar surface area (TPSA) is 25.2 Å². The Kier molecular flexibility index (Phi) is 3.43. The minimum atomic E-state index is -0.395. The van der Waals surface area contributed by atoms with E-state index in [2.05, 4.69) is 35.0 Å². The van der Waals surface area contributed by atoms with Crippen LogP contribution in [0.1, 0.15) is 48.6 Å². The van der Waals surface area contributed by atoms with Gasteiger partial charge in [0.25, 0.3) is 0 Å². The number of fused-ring (bicyclic) bond motifs is 1. The Bertz CT molecular complexity index is 556. The molecule has 2 unspecified atom stereocenters. The molecule has 0 saturated carbocycles. The maximum atomic E-state index is 9.80. The Morgan fingerprint density at radius 3 is 2.95 bits per heavy atom. The molecule has 1 aliphatic carbocycles. The number of aryl methyl sites for hydroxylation is 1. The summed E-state index contributed by atoms with van der Waals surface area (Å²) in [4.78, 5) is 0. The van der Waals surface area contributed by atoms with Gasteiger partial charge >= 0.3 is 0 Å². The number of nitrogens with zero attached hydrogens (tertiary/aromatic N) is 1. The van der Waals surface area contributed by atoms with Crippen molar-refractivity contribution in [2.45, 2.75) is 44.8 Å². The Morgan fingerprint density at radius 1 is 1.26 bits per heavy atom. The number of rotatable bonds is 3. The summed E-state index contributed by atoms with van der Waals surface area (Å²) < 4.78 is 2.21. The predicted molar refractivity (Wildman–Crippen MR) is 77.2 cm³/mol. The first-order chi connectivity index (χ1) is 9.25. The number of aliphatic hydroxyl groups excluding tert-OH is 1. The van der Waals surface area contributed by atoms with Crippen LogP contribution in [0.25, 0.3) is 0 Å². The first-order valence-electron chi connectivity index (χ1n) is 7.16. The average Bonchev–Trinajstić information content (AvgIpc) is 2.87. The fraction of sp³-hybridized carbons (Fsp3) is 0.412. The lowest BCUT2D eigenvalue weighted by atomic mass is 9.83. The summed E-state index contributed by atoms with van der Waals surface area (Å²) in [7, 11) is 0. The van der Waals surface area contributed by atoms with Crippen molar-refractivity contribution in [3.63, 3.8) is 0 Å². The Morgan fingerprint density at radius 2 is 2.11 bits per heavy atom. The maximum Gasteiger partial charge on any atom is 0.0911 e. The van der Waals surface area contributed by atoms with Gasteiger partial charge in [-0.15, -0.1) is 0 Å². The van der Waals surface area contributed by atoms with Crippen LogP contribution in [-0.4, -0.2) is 9.67 Å². The molecule has 0 radical (unpaired) electrons. The molecule has 2 aromatic rings. The third kappa shape index (κ3) is 2.45. The molecule has 0 saturated heterocycles. The highest BCUT2D eigenvalue weighted by molar-refractivity contribution is 5.32. The van der Waals surface area contributed by atoms with Gasteiger partial charge < -0.3 is 9.67 Å². The summed E-state index contributed by atoms with van der Waals surface area (Å²) in [6.45, 7) is 2.81. The van der Waals surface area contributed by atoms with Gasteiger partial charge in [-0.1, -0.05) is 24.3 Å². The molecule has 0 fully saturated rings. The lowest BCUT2D eigenvalue weighted by Crippen LogP contribution is -2.17. The van der Waals surface area contributed by atoms with E-state index in [1.54, 1.807) is 0 Å². The third-order valence-electron chi connectivity index (χ3n) is 4.20. The van der Waals surface area contributed by atoms with Crippen LogP contribution in [0.4, 0.5) is 0 Å². The molecule has 1 heterocycles. The first-order valence-corrected chi connectivity index (χ1v) is 7.16. The van der Waals surface area contributed by atoms with Gasteiger partial charge in [0.1, 0.15) is 0 Å². The van der Waals surface area contributed by atoms with Gasteiger partial charge in [-0.2, -0.15) is 0 Å². The van der Waals surface area contributed by atoms with Crippen LogP contribution in [0.5, 0.6) is 0 Å². The summed E-state index contributed by atoms with van der Waals surface area (Å²) in [5.41, 5.74) is 4.02. The fourth-order valence-corrected chi connectivity index (χ4v) is 3.25. The number of benzene rings is 1. The summed E-state index contributed by atoms with van der Waals surface area (Å²) in [6, 6.07) is 12.8. The van der Waals surface area contributed by atoms with E-state index in [0.29, 0.717) is 5.92 Å². The van der Waals surface area contributed by atoms with Crippen LogP contribution >= 0.6 is 0 Å². The molecule has 0 spiro atoms. The van der Waals surface area contributed by atoms with Crippen LogP contribution < -0.4 is 0 Å². The monoisotopic (exact) mass is 255 g/mol. The standard InChI is InChI=1S/C17H21NO/c1-13(19)17-10-5-11-18(17)12-15-8-4-7-14-6-2-3-9-16(14)15/h2-3,5-6,9-11,13,15,19H,4,7-8,12H2,1H3. The molecule has 0 bridgehead atoms. The summed E-state index contributed by atoms with van der Waals surface area (Å²) in [5.74, 6) is 0.579. The molecular formula is C17H21NO. The van der Waals surface area contributed by atoms with Crippen molar-refractivity contribution >= 4 is 0 Å². The van der Waals surface area contributed by atoms with Crippen molar-refractivity contribution in [2.24, 2.45) is 0 Å². The molecule has 0 amide bonds. The molecule has 2 nitrogen and oxygen atoms in total. The second kappa shape index (κ2) is 5.22. The Balaban J connectivity index is 1.87. The van der Waals surface area contributed by atoms with Gasteiger partial charge in [0.2, 0.25) is 0 Å². The van der Waals surface area contributed by atoms with Gasteiger partial charge in [-0.3, -0.25) is 0 Å². The summed E-state index contributed by atoms with van der Waals surface area (Å²) >= 11 is 0. The predicted octanol–water partition coefficient (Wildman–Crippen LogP) is 3.66. The van der Waals surface area contributed by atoms with Crippen LogP contribution in [-0.2, 0) is 13.0 Å².